The molecule has 11 nitrogen and oxygen atoms in total. The summed E-state index contributed by atoms with van der Waals surface area (Å²) in [6, 6.07) is 13.1. The van der Waals surface area contributed by atoms with Crippen molar-refractivity contribution < 1.29 is 23.8 Å². The van der Waals surface area contributed by atoms with E-state index < -0.39 is 11.7 Å². The third kappa shape index (κ3) is 8.45. The molecule has 0 aliphatic rings. The van der Waals surface area contributed by atoms with E-state index in [4.69, 9.17) is 14.2 Å². The summed E-state index contributed by atoms with van der Waals surface area (Å²) in [5.74, 6) is 0.150. The van der Waals surface area contributed by atoms with Gasteiger partial charge in [0.1, 0.15) is 11.3 Å². The van der Waals surface area contributed by atoms with Gasteiger partial charge in [-0.15, -0.1) is 0 Å². The molecule has 206 valence electrons. The highest BCUT2D eigenvalue weighted by molar-refractivity contribution is 6.03. The van der Waals surface area contributed by atoms with Crippen LogP contribution in [0.1, 0.15) is 43.4 Å². The van der Waals surface area contributed by atoms with Gasteiger partial charge in [0.2, 0.25) is 5.78 Å². The monoisotopic (exact) mass is 534 g/mol. The van der Waals surface area contributed by atoms with Crippen molar-refractivity contribution in [3.8, 4) is 0 Å². The Morgan fingerprint density at radius 1 is 0.949 bits per heavy atom. The van der Waals surface area contributed by atoms with Crippen molar-refractivity contribution >= 4 is 34.5 Å². The molecule has 2 N–H and O–H groups in total. The molecular weight excluding hydrogens is 500 g/mol. The number of carbonyl (C=O) groups excluding carboxylic acids is 2. The van der Waals surface area contributed by atoms with Gasteiger partial charge >= 0.3 is 6.09 Å². The second-order valence-corrected chi connectivity index (χ2v) is 9.83. The van der Waals surface area contributed by atoms with Crippen LogP contribution in [0.25, 0.3) is 16.8 Å². The van der Waals surface area contributed by atoms with Crippen molar-refractivity contribution in [2.45, 2.75) is 39.2 Å². The molecule has 0 aliphatic carbocycles. The van der Waals surface area contributed by atoms with Crippen LogP contribution in [0.4, 0.5) is 10.5 Å². The number of ether oxygens (including phenoxy) is 3. The average Bonchev–Trinajstić information content (AvgIpc) is 3.27. The first-order chi connectivity index (χ1) is 18.8. The fourth-order valence-electron chi connectivity index (χ4n) is 3.73. The smallest absolute Gasteiger partial charge is 0.407 e. The molecular formula is C28H34N6O5. The molecule has 0 unspecified atom stereocenters. The normalized spacial score (nSPS) is 11.6. The third-order valence-electron chi connectivity index (χ3n) is 5.50. The number of imidazole rings is 1. The Morgan fingerprint density at radius 3 is 2.51 bits per heavy atom. The number of anilines is 1. The van der Waals surface area contributed by atoms with Crippen LogP contribution < -0.4 is 10.6 Å². The predicted octanol–water partition coefficient (Wildman–Crippen LogP) is 4.02. The summed E-state index contributed by atoms with van der Waals surface area (Å²) in [6.45, 7) is 7.71. The second-order valence-electron chi connectivity index (χ2n) is 9.83. The number of hydrogen-bond donors (Lipinski definition) is 2. The molecule has 0 spiro atoms. The molecule has 0 bridgehead atoms. The SMILES string of the molecule is CC(C)(C)OC(=O)NCCOCCOCCCc1ccc(NC(=O)c2ccn3c(n2)nc2ccccc23)cn1. The maximum atomic E-state index is 12.7. The number of rotatable bonds is 12. The van der Waals surface area contributed by atoms with Crippen LogP contribution in [0.3, 0.4) is 0 Å². The average molecular weight is 535 g/mol. The third-order valence-corrected chi connectivity index (χ3v) is 5.50. The second kappa shape index (κ2) is 13.1. The van der Waals surface area contributed by atoms with E-state index in [2.05, 4.69) is 25.6 Å². The topological polar surface area (TPSA) is 129 Å². The first-order valence-electron chi connectivity index (χ1n) is 12.9. The molecule has 0 saturated heterocycles. The molecule has 0 radical (unpaired) electrons. The van der Waals surface area contributed by atoms with Crippen molar-refractivity contribution in [2.75, 3.05) is 38.3 Å². The van der Waals surface area contributed by atoms with E-state index in [9.17, 15) is 9.59 Å². The van der Waals surface area contributed by atoms with Crippen LogP contribution in [0.5, 0.6) is 0 Å². The van der Waals surface area contributed by atoms with Gasteiger partial charge in [-0.1, -0.05) is 12.1 Å². The molecule has 39 heavy (non-hydrogen) atoms. The highest BCUT2D eigenvalue weighted by Gasteiger charge is 2.15. The summed E-state index contributed by atoms with van der Waals surface area (Å²) < 4.78 is 18.0. The maximum absolute atomic E-state index is 12.7. The van der Waals surface area contributed by atoms with E-state index in [1.54, 1.807) is 18.5 Å². The van der Waals surface area contributed by atoms with Crippen LogP contribution in [-0.2, 0) is 20.6 Å². The van der Waals surface area contributed by atoms with E-state index in [0.717, 1.165) is 29.6 Å². The zero-order valence-electron chi connectivity index (χ0n) is 22.5. The lowest BCUT2D eigenvalue weighted by Gasteiger charge is -2.19. The number of aryl methyl sites for hydroxylation is 1. The fraction of sp³-hybridized carbons (Fsp3) is 0.393. The number of alkyl carbamates (subject to hydrolysis) is 1. The lowest BCUT2D eigenvalue weighted by Crippen LogP contribution is -2.34. The van der Waals surface area contributed by atoms with Crippen molar-refractivity contribution in [1.82, 2.24) is 24.7 Å². The summed E-state index contributed by atoms with van der Waals surface area (Å²) in [5.41, 5.74) is 3.03. The van der Waals surface area contributed by atoms with E-state index in [1.807, 2.05) is 61.6 Å². The summed E-state index contributed by atoms with van der Waals surface area (Å²) >= 11 is 0. The highest BCUT2D eigenvalue weighted by Crippen LogP contribution is 2.16. The Morgan fingerprint density at radius 2 is 1.74 bits per heavy atom. The number of hydrogen-bond acceptors (Lipinski definition) is 8. The Hall–Kier alpha value is -4.09. The van der Waals surface area contributed by atoms with Crippen molar-refractivity contribution in [3.05, 3.63) is 66.2 Å². The molecule has 1 aromatic carbocycles. The quantitative estimate of drug-likeness (QED) is 0.261. The highest BCUT2D eigenvalue weighted by atomic mass is 16.6. The van der Waals surface area contributed by atoms with Crippen LogP contribution in [-0.4, -0.2) is 69.9 Å². The van der Waals surface area contributed by atoms with Crippen LogP contribution in [0.15, 0.2) is 54.9 Å². The number of fused-ring (bicyclic) bond motifs is 3. The Balaban J connectivity index is 1.10. The molecule has 4 rings (SSSR count). The zero-order chi connectivity index (χ0) is 27.7. The van der Waals surface area contributed by atoms with Gasteiger partial charge in [-0.2, -0.15) is 0 Å². The summed E-state index contributed by atoms with van der Waals surface area (Å²) in [4.78, 5) is 37.6. The molecule has 4 aromatic rings. The van der Waals surface area contributed by atoms with Crippen molar-refractivity contribution in [1.29, 1.82) is 0 Å². The Labute approximate surface area is 226 Å². The van der Waals surface area contributed by atoms with Crippen LogP contribution in [0.2, 0.25) is 0 Å². The number of pyridine rings is 1. The number of nitrogens with zero attached hydrogens (tertiary/aromatic N) is 4. The molecule has 3 heterocycles. The number of para-hydroxylation sites is 2. The standard InChI is InChI=1S/C28H34N6O5/c1-28(2,3)39-27(36)29-13-16-38-18-17-37-15-6-7-20-10-11-21(19-30-20)31-25(35)23-12-14-34-24-9-5-4-8-22(24)32-26(34)33-23/h4-5,8-12,14,19H,6-7,13,15-18H2,1-3H3,(H,29,36)(H,31,35). The first kappa shape index (κ1) is 27.9. The summed E-state index contributed by atoms with van der Waals surface area (Å²) in [6.07, 6.45) is 4.54. The van der Waals surface area contributed by atoms with E-state index in [0.29, 0.717) is 44.4 Å². The number of nitrogens with one attached hydrogen (secondary N) is 2. The van der Waals surface area contributed by atoms with Crippen LogP contribution >= 0.6 is 0 Å². The van der Waals surface area contributed by atoms with Gasteiger partial charge in [-0.05, 0) is 63.9 Å². The Bertz CT molecular complexity index is 1400. The summed E-state index contributed by atoms with van der Waals surface area (Å²) in [5, 5.41) is 5.47. The largest absolute Gasteiger partial charge is 0.444 e. The van der Waals surface area contributed by atoms with E-state index in [-0.39, 0.29) is 11.6 Å². The Kier molecular flexibility index (Phi) is 9.40. The van der Waals surface area contributed by atoms with Crippen molar-refractivity contribution in [2.24, 2.45) is 0 Å². The first-order valence-corrected chi connectivity index (χ1v) is 12.9. The van der Waals surface area contributed by atoms with Gasteiger partial charge in [0.25, 0.3) is 5.91 Å². The lowest BCUT2D eigenvalue weighted by molar-refractivity contribution is 0.0394. The molecule has 11 heteroatoms. The number of carbonyl (C=O) groups is 2. The minimum absolute atomic E-state index is 0.280. The maximum Gasteiger partial charge on any atom is 0.407 e. The van der Waals surface area contributed by atoms with Crippen molar-refractivity contribution in [3.63, 3.8) is 0 Å². The van der Waals surface area contributed by atoms with Crippen LogP contribution in [0, 0.1) is 0 Å². The zero-order valence-corrected chi connectivity index (χ0v) is 22.5. The lowest BCUT2D eigenvalue weighted by atomic mass is 10.2. The van der Waals surface area contributed by atoms with E-state index >= 15 is 0 Å². The molecule has 0 fully saturated rings. The predicted molar refractivity (Wildman–Crippen MR) is 147 cm³/mol. The molecule has 2 amide bonds. The van der Waals surface area contributed by atoms with Gasteiger partial charge in [0.05, 0.1) is 42.7 Å². The number of amides is 2. The summed E-state index contributed by atoms with van der Waals surface area (Å²) in [7, 11) is 0. The minimum atomic E-state index is -0.516. The van der Waals surface area contributed by atoms with Gasteiger partial charge in [-0.25, -0.2) is 14.8 Å². The van der Waals surface area contributed by atoms with E-state index in [1.165, 1.54) is 0 Å². The van der Waals surface area contributed by atoms with Gasteiger partial charge in [-0.3, -0.25) is 14.2 Å². The molecule has 3 aromatic heterocycles. The fourth-order valence-corrected chi connectivity index (χ4v) is 3.73. The molecule has 0 aliphatic heterocycles. The van der Waals surface area contributed by atoms with Gasteiger partial charge in [0, 0.05) is 25.0 Å². The number of benzene rings is 1. The molecule has 0 atom stereocenters. The van der Waals surface area contributed by atoms with Gasteiger partial charge < -0.3 is 24.8 Å². The number of aromatic nitrogens is 4. The minimum Gasteiger partial charge on any atom is -0.444 e. The van der Waals surface area contributed by atoms with Gasteiger partial charge in [0.15, 0.2) is 0 Å². The molecule has 0 saturated carbocycles.